The third-order valence-corrected chi connectivity index (χ3v) is 5.63. The maximum atomic E-state index is 13.2. The zero-order valence-electron chi connectivity index (χ0n) is 16.2. The molecule has 7 nitrogen and oxygen atoms in total. The second-order valence-electron chi connectivity index (χ2n) is 7.12. The molecule has 3 heterocycles. The van der Waals surface area contributed by atoms with Gasteiger partial charge in [-0.1, -0.05) is 23.7 Å². The van der Waals surface area contributed by atoms with E-state index in [0.717, 1.165) is 10.9 Å². The van der Waals surface area contributed by atoms with Crippen LogP contribution < -0.4 is 20.5 Å². The van der Waals surface area contributed by atoms with E-state index in [1.807, 2.05) is 24.3 Å². The van der Waals surface area contributed by atoms with Crippen molar-refractivity contribution in [2.75, 3.05) is 7.11 Å². The second kappa shape index (κ2) is 6.74. The number of hydrogen-bond donors (Lipinski definition) is 2. The summed E-state index contributed by atoms with van der Waals surface area (Å²) < 4.78 is 13.0. The summed E-state index contributed by atoms with van der Waals surface area (Å²) in [5.74, 6) is 0.851. The summed E-state index contributed by atoms with van der Waals surface area (Å²) in [6.45, 7) is 0. The molecule has 0 spiro atoms. The minimum absolute atomic E-state index is 0.222. The van der Waals surface area contributed by atoms with Crippen molar-refractivity contribution in [2.45, 2.75) is 5.92 Å². The number of rotatable bonds is 2. The molecule has 0 bridgehead atoms. The van der Waals surface area contributed by atoms with E-state index < -0.39 is 5.92 Å². The highest BCUT2D eigenvalue weighted by atomic mass is 35.5. The van der Waals surface area contributed by atoms with Crippen molar-refractivity contribution in [1.82, 2.24) is 14.5 Å². The third kappa shape index (κ3) is 2.70. The maximum Gasteiger partial charge on any atom is 0.256 e. The number of hydrogen-bond acceptors (Lipinski definition) is 5. The Morgan fingerprint density at radius 3 is 2.70 bits per heavy atom. The molecule has 1 atom stereocenters. The monoisotopic (exact) mass is 420 g/mol. The second-order valence-corrected chi connectivity index (χ2v) is 7.55. The number of H-pyrrole nitrogens is 1. The number of fused-ring (bicyclic) bond motifs is 4. The van der Waals surface area contributed by atoms with Crippen LogP contribution in [0.1, 0.15) is 22.6 Å². The highest BCUT2D eigenvalue weighted by Crippen LogP contribution is 2.46. The summed E-state index contributed by atoms with van der Waals surface area (Å²) in [5.41, 5.74) is 2.33. The molecule has 5 rings (SSSR count). The van der Waals surface area contributed by atoms with Crippen molar-refractivity contribution < 1.29 is 9.47 Å². The lowest BCUT2D eigenvalue weighted by Gasteiger charge is -2.28. The SMILES string of the molecule is COc1ccc2c3c(c(=O)[nH]c2c1)C(c1ccc(Cl)cc1)c1c(ncn(C)c1=N)O3. The molecule has 30 heavy (non-hydrogen) atoms. The summed E-state index contributed by atoms with van der Waals surface area (Å²) in [6.07, 6.45) is 1.53. The summed E-state index contributed by atoms with van der Waals surface area (Å²) in [7, 11) is 3.31. The highest BCUT2D eigenvalue weighted by Gasteiger charge is 2.35. The van der Waals surface area contributed by atoms with Crippen molar-refractivity contribution >= 4 is 22.5 Å². The van der Waals surface area contributed by atoms with Gasteiger partial charge >= 0.3 is 0 Å². The summed E-state index contributed by atoms with van der Waals surface area (Å²) in [4.78, 5) is 20.6. The van der Waals surface area contributed by atoms with Crippen molar-refractivity contribution in [3.05, 3.63) is 86.3 Å². The number of ether oxygens (including phenoxy) is 2. The molecule has 1 aliphatic rings. The van der Waals surface area contributed by atoms with Crippen LogP contribution in [0.4, 0.5) is 0 Å². The first kappa shape index (κ1) is 18.4. The van der Waals surface area contributed by atoms with Gasteiger partial charge in [-0.15, -0.1) is 0 Å². The summed E-state index contributed by atoms with van der Waals surface area (Å²) in [5, 5.41) is 9.94. The summed E-state index contributed by atoms with van der Waals surface area (Å²) in [6, 6.07) is 12.7. The van der Waals surface area contributed by atoms with Crippen molar-refractivity contribution in [2.24, 2.45) is 7.05 Å². The van der Waals surface area contributed by atoms with Gasteiger partial charge in [-0.2, -0.15) is 0 Å². The molecule has 1 aliphatic heterocycles. The Morgan fingerprint density at radius 2 is 1.97 bits per heavy atom. The lowest BCUT2D eigenvalue weighted by atomic mass is 9.84. The van der Waals surface area contributed by atoms with E-state index >= 15 is 0 Å². The van der Waals surface area contributed by atoms with E-state index in [1.165, 1.54) is 6.33 Å². The van der Waals surface area contributed by atoms with E-state index in [1.54, 1.807) is 36.9 Å². The van der Waals surface area contributed by atoms with Crippen LogP contribution in [0.3, 0.4) is 0 Å². The molecule has 0 radical (unpaired) electrons. The molecule has 0 amide bonds. The molecule has 1 unspecified atom stereocenters. The molecule has 150 valence electrons. The van der Waals surface area contributed by atoms with Gasteiger partial charge in [0.15, 0.2) is 0 Å². The number of benzene rings is 2. The zero-order chi connectivity index (χ0) is 21.0. The number of aryl methyl sites for hydroxylation is 1. The van der Waals surface area contributed by atoms with Gasteiger partial charge in [0.25, 0.3) is 5.56 Å². The largest absolute Gasteiger partial charge is 0.497 e. The zero-order valence-corrected chi connectivity index (χ0v) is 16.9. The minimum Gasteiger partial charge on any atom is -0.497 e. The first-order chi connectivity index (χ1) is 14.5. The van der Waals surface area contributed by atoms with Crippen LogP contribution in [-0.4, -0.2) is 21.6 Å². The Labute approximate surface area is 176 Å². The van der Waals surface area contributed by atoms with Crippen LogP contribution in [0.5, 0.6) is 17.4 Å². The van der Waals surface area contributed by atoms with Crippen molar-refractivity contribution in [1.29, 1.82) is 5.41 Å². The number of nitrogens with zero attached hydrogens (tertiary/aromatic N) is 2. The Bertz CT molecular complexity index is 1420. The first-order valence-corrected chi connectivity index (χ1v) is 9.63. The van der Waals surface area contributed by atoms with Gasteiger partial charge in [-0.3, -0.25) is 10.2 Å². The Balaban J connectivity index is 1.88. The molecule has 2 N–H and O–H groups in total. The van der Waals surface area contributed by atoms with Crippen LogP contribution in [0.15, 0.2) is 53.6 Å². The smallest absolute Gasteiger partial charge is 0.256 e. The van der Waals surface area contributed by atoms with Gasteiger partial charge in [0, 0.05) is 23.5 Å². The standard InChI is InChI=1S/C22H17ClN4O3/c1-27-10-25-22-18(20(27)24)16(11-3-5-12(23)6-4-11)17-19(30-22)14-8-7-13(29-2)9-15(14)26-21(17)28/h3-10,16,24H,1-2H3,(H,26,28). The fraction of sp³-hybridized carbons (Fsp3) is 0.136. The molecule has 2 aromatic carbocycles. The molecule has 8 heteroatoms. The molecular formula is C22H17ClN4O3. The quantitative estimate of drug-likeness (QED) is 0.455. The first-order valence-electron chi connectivity index (χ1n) is 9.25. The molecule has 4 aromatic rings. The van der Waals surface area contributed by atoms with Gasteiger partial charge < -0.3 is 19.0 Å². The number of halogens is 1. The normalized spacial score (nSPS) is 14.7. The predicted octanol–water partition coefficient (Wildman–Crippen LogP) is 3.69. The summed E-state index contributed by atoms with van der Waals surface area (Å²) >= 11 is 6.09. The Morgan fingerprint density at radius 1 is 1.20 bits per heavy atom. The third-order valence-electron chi connectivity index (χ3n) is 5.37. The van der Waals surface area contributed by atoms with Gasteiger partial charge in [-0.05, 0) is 29.8 Å². The van der Waals surface area contributed by atoms with E-state index in [-0.39, 0.29) is 11.0 Å². The van der Waals surface area contributed by atoms with E-state index in [0.29, 0.717) is 39.0 Å². The highest BCUT2D eigenvalue weighted by molar-refractivity contribution is 6.30. The maximum absolute atomic E-state index is 13.2. The van der Waals surface area contributed by atoms with Crippen LogP contribution in [0.2, 0.25) is 5.02 Å². The van der Waals surface area contributed by atoms with Gasteiger partial charge in [-0.25, -0.2) is 4.98 Å². The van der Waals surface area contributed by atoms with Crippen LogP contribution in [0, 0.1) is 5.41 Å². The van der Waals surface area contributed by atoms with E-state index in [9.17, 15) is 4.79 Å². The molecule has 2 aromatic heterocycles. The van der Waals surface area contributed by atoms with E-state index in [2.05, 4.69) is 9.97 Å². The fourth-order valence-corrected chi connectivity index (χ4v) is 4.02. The van der Waals surface area contributed by atoms with Crippen LogP contribution in [0.25, 0.3) is 10.9 Å². The minimum atomic E-state index is -0.524. The average Bonchev–Trinajstić information content (AvgIpc) is 2.75. The molecule has 0 aliphatic carbocycles. The van der Waals surface area contributed by atoms with Crippen LogP contribution in [-0.2, 0) is 7.05 Å². The van der Waals surface area contributed by atoms with Crippen molar-refractivity contribution in [3.8, 4) is 17.4 Å². The number of nitrogens with one attached hydrogen (secondary N) is 2. The average molecular weight is 421 g/mol. The lowest BCUT2D eigenvalue weighted by molar-refractivity contribution is 0.415. The Kier molecular flexibility index (Phi) is 4.15. The van der Waals surface area contributed by atoms with E-state index in [4.69, 9.17) is 26.5 Å². The van der Waals surface area contributed by atoms with Gasteiger partial charge in [0.1, 0.15) is 17.0 Å². The topological polar surface area (TPSA) is 93.0 Å². The van der Waals surface area contributed by atoms with Gasteiger partial charge in [0.2, 0.25) is 5.88 Å². The molecule has 0 saturated heterocycles. The molecule has 0 fully saturated rings. The number of aromatic nitrogens is 3. The lowest BCUT2D eigenvalue weighted by Crippen LogP contribution is -2.31. The molecule has 0 saturated carbocycles. The predicted molar refractivity (Wildman–Crippen MR) is 113 cm³/mol. The Hall–Kier alpha value is -3.58. The fourth-order valence-electron chi connectivity index (χ4n) is 3.89. The van der Waals surface area contributed by atoms with Crippen LogP contribution >= 0.6 is 11.6 Å². The number of methoxy groups -OCH3 is 1. The van der Waals surface area contributed by atoms with Crippen molar-refractivity contribution in [3.63, 3.8) is 0 Å². The number of pyridine rings is 1. The molecular weight excluding hydrogens is 404 g/mol. The van der Waals surface area contributed by atoms with Gasteiger partial charge in [0.05, 0.1) is 36.0 Å². The number of aromatic amines is 1.